The summed E-state index contributed by atoms with van der Waals surface area (Å²) >= 11 is 0. The Hall–Kier alpha value is -5.13. The average Bonchev–Trinajstić information content (AvgIpc) is 3.42. The van der Waals surface area contributed by atoms with Crippen LogP contribution in [-0.4, -0.2) is 48.3 Å². The lowest BCUT2D eigenvalue weighted by atomic mass is 9.93. The molecule has 0 spiro atoms. The van der Waals surface area contributed by atoms with Gasteiger partial charge in [0.05, 0.1) is 20.3 Å². The van der Waals surface area contributed by atoms with Crippen LogP contribution in [0, 0.1) is 0 Å². The fourth-order valence-electron chi connectivity index (χ4n) is 3.53. The second-order valence-corrected chi connectivity index (χ2v) is 9.80. The number of methoxy groups -OCH3 is 2. The number of amides is 3. The lowest BCUT2D eigenvalue weighted by Crippen LogP contribution is -2.19. The number of nitrogens with zero attached hydrogens (tertiary/aromatic N) is 4. The fraction of sp³-hybridized carbons (Fsp3) is 0.250. The molecule has 4 rings (SSSR count). The molecule has 0 fully saturated rings. The number of rotatable bonds is 8. The summed E-state index contributed by atoms with van der Waals surface area (Å²) in [4.78, 5) is 35.7. The van der Waals surface area contributed by atoms with Gasteiger partial charge >= 0.3 is 6.03 Å². The molecule has 0 unspecified atom stereocenters. The van der Waals surface area contributed by atoms with Crippen LogP contribution in [0.25, 0.3) is 0 Å². The maximum atomic E-state index is 13.0. The van der Waals surface area contributed by atoms with E-state index in [1.54, 1.807) is 66.5 Å². The molecule has 0 atom stereocenters. The molecule has 2 aromatic carbocycles. The minimum absolute atomic E-state index is 0.223. The van der Waals surface area contributed by atoms with Crippen molar-refractivity contribution in [3.8, 4) is 11.8 Å². The number of hydrogen-bond donors (Lipinski definition) is 3. The first-order chi connectivity index (χ1) is 19.0. The number of carbonyl (C=O) groups is 2. The Kier molecular flexibility index (Phi) is 8.18. The number of nitrogens with one attached hydrogen (secondary N) is 3. The Bertz CT molecular complexity index is 1470. The molecule has 0 saturated heterocycles. The van der Waals surface area contributed by atoms with E-state index in [1.807, 2.05) is 26.8 Å². The summed E-state index contributed by atoms with van der Waals surface area (Å²) in [6.45, 7) is 5.96. The van der Waals surface area contributed by atoms with Gasteiger partial charge in [0.25, 0.3) is 5.91 Å². The summed E-state index contributed by atoms with van der Waals surface area (Å²) in [5.74, 6) is 1.72. The molecule has 0 saturated carbocycles. The molecule has 12 nitrogen and oxygen atoms in total. The van der Waals surface area contributed by atoms with Gasteiger partial charge < -0.3 is 29.5 Å². The summed E-state index contributed by atoms with van der Waals surface area (Å²) in [6.07, 6.45) is 0. The Morgan fingerprint density at radius 3 is 2.05 bits per heavy atom. The van der Waals surface area contributed by atoms with E-state index in [2.05, 4.69) is 31.1 Å². The maximum absolute atomic E-state index is 13.0. The first-order valence-electron chi connectivity index (χ1n) is 12.3. The van der Waals surface area contributed by atoms with Gasteiger partial charge in [0.1, 0.15) is 5.76 Å². The van der Waals surface area contributed by atoms with Crippen LogP contribution in [0.2, 0.25) is 0 Å². The van der Waals surface area contributed by atoms with E-state index in [9.17, 15) is 9.59 Å². The summed E-state index contributed by atoms with van der Waals surface area (Å²) in [7, 11) is 4.79. The molecule has 208 valence electrons. The van der Waals surface area contributed by atoms with Gasteiger partial charge in [-0.05, 0) is 42.5 Å². The molecule has 2 aromatic heterocycles. The number of ether oxygens (including phenoxy) is 2. The fourth-order valence-corrected chi connectivity index (χ4v) is 3.53. The molecular weight excluding hydrogens is 514 g/mol. The summed E-state index contributed by atoms with van der Waals surface area (Å²) in [5.41, 5.74) is 1.99. The third kappa shape index (κ3) is 6.84. The molecular formula is C28H31N7O5. The number of hydrogen-bond acceptors (Lipinski definition) is 9. The third-order valence-corrected chi connectivity index (χ3v) is 5.77. The van der Waals surface area contributed by atoms with Crippen LogP contribution >= 0.6 is 0 Å². The van der Waals surface area contributed by atoms with Crippen molar-refractivity contribution in [3.63, 3.8) is 0 Å². The maximum Gasteiger partial charge on any atom is 0.324 e. The van der Waals surface area contributed by atoms with Gasteiger partial charge in [-0.3, -0.25) is 10.1 Å². The molecule has 12 heteroatoms. The van der Waals surface area contributed by atoms with Crippen LogP contribution in [0.15, 0.2) is 65.2 Å². The van der Waals surface area contributed by atoms with Gasteiger partial charge in [-0.25, -0.2) is 4.79 Å². The van der Waals surface area contributed by atoms with E-state index >= 15 is 0 Å². The molecule has 3 N–H and O–H groups in total. The Labute approximate surface area is 231 Å². The van der Waals surface area contributed by atoms with Crippen molar-refractivity contribution < 1.29 is 23.6 Å². The van der Waals surface area contributed by atoms with E-state index in [1.165, 1.54) is 14.2 Å². The van der Waals surface area contributed by atoms with Crippen LogP contribution < -0.4 is 30.3 Å². The van der Waals surface area contributed by atoms with Gasteiger partial charge in [-0.2, -0.15) is 9.97 Å². The van der Waals surface area contributed by atoms with Crippen LogP contribution in [0.1, 0.15) is 36.9 Å². The van der Waals surface area contributed by atoms with Gasteiger partial charge in [0.2, 0.25) is 17.7 Å². The van der Waals surface area contributed by atoms with Gasteiger partial charge in [-0.1, -0.05) is 32.0 Å². The quantitative estimate of drug-likeness (QED) is 0.263. The number of carbonyl (C=O) groups excluding carboxylic acids is 2. The molecule has 4 aromatic rings. The zero-order chi connectivity index (χ0) is 28.9. The van der Waals surface area contributed by atoms with Crippen molar-refractivity contribution in [1.29, 1.82) is 0 Å². The molecule has 0 aliphatic heterocycles. The zero-order valence-electron chi connectivity index (χ0n) is 23.1. The minimum Gasteiger partial charge on any atom is -0.481 e. The predicted octanol–water partition coefficient (Wildman–Crippen LogP) is 5.44. The summed E-state index contributed by atoms with van der Waals surface area (Å²) in [5, 5.41) is 12.1. The Morgan fingerprint density at radius 1 is 0.850 bits per heavy atom. The van der Waals surface area contributed by atoms with Crippen molar-refractivity contribution in [2.75, 3.05) is 42.1 Å². The molecule has 2 heterocycles. The second kappa shape index (κ2) is 11.7. The van der Waals surface area contributed by atoms with Crippen molar-refractivity contribution >= 4 is 40.8 Å². The van der Waals surface area contributed by atoms with Crippen LogP contribution in [0.3, 0.4) is 0 Å². The van der Waals surface area contributed by atoms with Crippen LogP contribution in [0.5, 0.6) is 11.8 Å². The number of urea groups is 1. The van der Waals surface area contributed by atoms with Gasteiger partial charge in [0, 0.05) is 41.2 Å². The predicted molar refractivity (Wildman–Crippen MR) is 152 cm³/mol. The van der Waals surface area contributed by atoms with E-state index in [4.69, 9.17) is 14.0 Å². The third-order valence-electron chi connectivity index (χ3n) is 5.77. The van der Waals surface area contributed by atoms with E-state index in [0.29, 0.717) is 51.9 Å². The highest BCUT2D eigenvalue weighted by molar-refractivity contribution is 6.05. The summed E-state index contributed by atoms with van der Waals surface area (Å²) < 4.78 is 15.7. The minimum atomic E-state index is -0.468. The number of anilines is 5. The van der Waals surface area contributed by atoms with Crippen molar-refractivity contribution in [3.05, 3.63) is 72.0 Å². The van der Waals surface area contributed by atoms with Crippen molar-refractivity contribution in [2.45, 2.75) is 26.2 Å². The van der Waals surface area contributed by atoms with Crippen molar-refractivity contribution in [2.24, 2.45) is 0 Å². The monoisotopic (exact) mass is 545 g/mol. The first-order valence-corrected chi connectivity index (χ1v) is 12.3. The topological polar surface area (TPSA) is 144 Å². The first kappa shape index (κ1) is 27.9. The van der Waals surface area contributed by atoms with E-state index in [-0.39, 0.29) is 11.3 Å². The molecule has 40 heavy (non-hydrogen) atoms. The van der Waals surface area contributed by atoms with E-state index in [0.717, 1.165) is 0 Å². The second-order valence-electron chi connectivity index (χ2n) is 9.80. The largest absolute Gasteiger partial charge is 0.481 e. The van der Waals surface area contributed by atoms with Crippen LogP contribution in [-0.2, 0) is 5.41 Å². The average molecular weight is 546 g/mol. The normalized spacial score (nSPS) is 10.9. The van der Waals surface area contributed by atoms with Gasteiger partial charge in [-0.15, -0.1) is 0 Å². The summed E-state index contributed by atoms with van der Waals surface area (Å²) in [6, 6.07) is 16.6. The highest BCUT2D eigenvalue weighted by Gasteiger charge is 2.20. The molecule has 0 aliphatic rings. The Morgan fingerprint density at radius 2 is 1.48 bits per heavy atom. The highest BCUT2D eigenvalue weighted by Crippen LogP contribution is 2.27. The van der Waals surface area contributed by atoms with E-state index < -0.39 is 6.03 Å². The molecule has 0 bridgehead atoms. The smallest absolute Gasteiger partial charge is 0.324 e. The molecule has 0 aliphatic carbocycles. The van der Waals surface area contributed by atoms with Crippen molar-refractivity contribution in [1.82, 2.24) is 15.1 Å². The lowest BCUT2D eigenvalue weighted by Gasteiger charge is -2.19. The zero-order valence-corrected chi connectivity index (χ0v) is 23.1. The number of benzene rings is 2. The van der Waals surface area contributed by atoms with Gasteiger partial charge in [0.15, 0.2) is 5.82 Å². The standard InChI is InChI=1S/C28H31N7O5/c1-28(2,3)21-15-22(34-40-21)31-27(37)30-19-12-10-18(11-13-19)29-25(36)17-8-7-9-20(14-17)35(4)26-32-23(38-5)16-24(33-26)39-6/h7-16H,1-6H3,(H,29,36)(H2,30,31,34,37). The lowest BCUT2D eigenvalue weighted by molar-refractivity contribution is 0.102. The molecule has 0 radical (unpaired) electrons. The SMILES string of the molecule is COc1cc(OC)nc(N(C)c2cccc(C(=O)Nc3ccc(NC(=O)Nc4cc(C(C)(C)C)on4)cc3)c2)n1. The highest BCUT2D eigenvalue weighted by atomic mass is 16.5. The Balaban J connectivity index is 1.38. The molecule has 3 amide bonds. The van der Waals surface area contributed by atoms with Crippen LogP contribution in [0.4, 0.5) is 33.6 Å². The number of aromatic nitrogens is 3.